The minimum atomic E-state index is -0.216. The molecule has 5 nitrogen and oxygen atoms in total. The highest BCUT2D eigenvalue weighted by Crippen LogP contribution is 2.25. The van der Waals surface area contributed by atoms with E-state index < -0.39 is 0 Å². The van der Waals surface area contributed by atoms with Crippen molar-refractivity contribution < 1.29 is 15.0 Å². The van der Waals surface area contributed by atoms with Crippen LogP contribution in [0.3, 0.4) is 0 Å². The number of hydrogen-bond acceptors (Lipinski definition) is 4. The molecule has 1 aliphatic rings. The van der Waals surface area contributed by atoms with E-state index in [0.717, 1.165) is 18.8 Å². The van der Waals surface area contributed by atoms with Gasteiger partial charge in [0.2, 0.25) is 5.91 Å². The fourth-order valence-corrected chi connectivity index (χ4v) is 2.98. The topological polar surface area (TPSA) is 72.8 Å². The van der Waals surface area contributed by atoms with Crippen molar-refractivity contribution in [2.75, 3.05) is 23.3 Å². The van der Waals surface area contributed by atoms with Crippen molar-refractivity contribution in [1.29, 1.82) is 0 Å². The van der Waals surface area contributed by atoms with Crippen LogP contribution in [0.2, 0.25) is 0 Å². The van der Waals surface area contributed by atoms with E-state index in [1.165, 1.54) is 37.1 Å². The molecule has 3 N–H and O–H groups in total. The molecule has 2 aromatic carbocycles. The molecule has 126 valence electrons. The summed E-state index contributed by atoms with van der Waals surface area (Å²) >= 11 is 0. The summed E-state index contributed by atoms with van der Waals surface area (Å²) in [5, 5.41) is 21.6. The number of nitrogens with one attached hydrogen (secondary N) is 1. The normalized spacial score (nSPS) is 14.4. The maximum absolute atomic E-state index is 12.1. The number of amides is 1. The van der Waals surface area contributed by atoms with E-state index in [0.29, 0.717) is 5.56 Å². The van der Waals surface area contributed by atoms with Crippen LogP contribution in [0.15, 0.2) is 42.5 Å². The average Bonchev–Trinajstić information content (AvgIpc) is 2.59. The molecular weight excluding hydrogens is 304 g/mol. The van der Waals surface area contributed by atoms with E-state index in [2.05, 4.69) is 10.2 Å². The summed E-state index contributed by atoms with van der Waals surface area (Å²) in [5.41, 5.74) is 2.59. The Hall–Kier alpha value is -2.69. The van der Waals surface area contributed by atoms with Crippen LogP contribution >= 0.6 is 0 Å². The third kappa shape index (κ3) is 3.98. The van der Waals surface area contributed by atoms with E-state index in [1.54, 1.807) is 6.07 Å². The van der Waals surface area contributed by atoms with Crippen molar-refractivity contribution in [3.63, 3.8) is 0 Å². The summed E-state index contributed by atoms with van der Waals surface area (Å²) in [7, 11) is 0. The molecule has 0 radical (unpaired) electrons. The minimum absolute atomic E-state index is 0.141. The lowest BCUT2D eigenvalue weighted by Gasteiger charge is -2.28. The average molecular weight is 326 g/mol. The highest BCUT2D eigenvalue weighted by Gasteiger charge is 2.11. The fourth-order valence-electron chi connectivity index (χ4n) is 2.98. The minimum Gasteiger partial charge on any atom is -0.504 e. The molecule has 0 aromatic heterocycles. The zero-order chi connectivity index (χ0) is 16.9. The Bertz CT molecular complexity index is 707. The first kappa shape index (κ1) is 16.2. The smallest absolute Gasteiger partial charge is 0.228 e. The third-order valence-corrected chi connectivity index (χ3v) is 4.28. The van der Waals surface area contributed by atoms with E-state index in [-0.39, 0.29) is 23.8 Å². The summed E-state index contributed by atoms with van der Waals surface area (Å²) in [6.07, 6.45) is 3.91. The zero-order valence-electron chi connectivity index (χ0n) is 13.5. The molecule has 5 heteroatoms. The lowest BCUT2D eigenvalue weighted by atomic mass is 10.1. The SMILES string of the molecule is O=C(Cc1ccc(O)c(O)c1)Nc1ccc(N2CCCCC2)cc1. The van der Waals surface area contributed by atoms with Crippen molar-refractivity contribution >= 4 is 17.3 Å². The van der Waals surface area contributed by atoms with Gasteiger partial charge in [0, 0.05) is 24.5 Å². The molecule has 0 bridgehead atoms. The van der Waals surface area contributed by atoms with Crippen LogP contribution < -0.4 is 10.2 Å². The maximum atomic E-state index is 12.1. The van der Waals surface area contributed by atoms with Gasteiger partial charge in [-0.15, -0.1) is 0 Å². The van der Waals surface area contributed by atoms with Crippen LogP contribution in [0.1, 0.15) is 24.8 Å². The van der Waals surface area contributed by atoms with Crippen molar-refractivity contribution in [2.45, 2.75) is 25.7 Å². The number of carbonyl (C=O) groups excluding carboxylic acids is 1. The number of benzene rings is 2. The Kier molecular flexibility index (Phi) is 4.89. The fraction of sp³-hybridized carbons (Fsp3) is 0.316. The summed E-state index contributed by atoms with van der Waals surface area (Å²) in [4.78, 5) is 14.5. The molecule has 0 unspecified atom stereocenters. The molecule has 0 aliphatic carbocycles. The lowest BCUT2D eigenvalue weighted by molar-refractivity contribution is -0.115. The number of hydrogen-bond donors (Lipinski definition) is 3. The van der Waals surface area contributed by atoms with Gasteiger partial charge in [0.1, 0.15) is 0 Å². The van der Waals surface area contributed by atoms with Crippen LogP contribution in [0.25, 0.3) is 0 Å². The van der Waals surface area contributed by atoms with Crippen LogP contribution in [0, 0.1) is 0 Å². The summed E-state index contributed by atoms with van der Waals surface area (Å²) in [6, 6.07) is 12.3. The standard InChI is InChI=1S/C19H22N2O3/c22-17-9-4-14(12-18(17)23)13-19(24)20-15-5-7-16(8-6-15)21-10-2-1-3-11-21/h4-9,12,22-23H,1-3,10-11,13H2,(H,20,24). The largest absolute Gasteiger partial charge is 0.504 e. The number of phenolic OH excluding ortho intramolecular Hbond substituents is 2. The summed E-state index contributed by atoms with van der Waals surface area (Å²) in [6.45, 7) is 2.19. The number of phenols is 2. The number of nitrogens with zero attached hydrogens (tertiary/aromatic N) is 1. The second-order valence-corrected chi connectivity index (χ2v) is 6.14. The second-order valence-electron chi connectivity index (χ2n) is 6.14. The molecule has 0 saturated carbocycles. The number of carbonyl (C=O) groups is 1. The first-order valence-electron chi connectivity index (χ1n) is 8.27. The van der Waals surface area contributed by atoms with Crippen LogP contribution in [0.5, 0.6) is 11.5 Å². The summed E-state index contributed by atoms with van der Waals surface area (Å²) in [5.74, 6) is -0.565. The number of rotatable bonds is 4. The van der Waals surface area contributed by atoms with E-state index in [4.69, 9.17) is 0 Å². The predicted octanol–water partition coefficient (Wildman–Crippen LogP) is 3.27. The molecule has 1 heterocycles. The van der Waals surface area contributed by atoms with E-state index in [1.807, 2.05) is 24.3 Å². The maximum Gasteiger partial charge on any atom is 0.228 e. The Labute approximate surface area is 141 Å². The van der Waals surface area contributed by atoms with Gasteiger partial charge in [-0.1, -0.05) is 6.07 Å². The Morgan fingerprint density at radius 3 is 2.33 bits per heavy atom. The van der Waals surface area contributed by atoms with E-state index in [9.17, 15) is 15.0 Å². The highest BCUT2D eigenvalue weighted by atomic mass is 16.3. The third-order valence-electron chi connectivity index (χ3n) is 4.28. The Morgan fingerprint density at radius 1 is 0.958 bits per heavy atom. The van der Waals surface area contributed by atoms with Crippen molar-refractivity contribution in [3.05, 3.63) is 48.0 Å². The molecule has 1 aliphatic heterocycles. The van der Waals surface area contributed by atoms with Gasteiger partial charge in [-0.05, 0) is 61.2 Å². The van der Waals surface area contributed by atoms with Gasteiger partial charge < -0.3 is 20.4 Å². The summed E-state index contributed by atoms with van der Waals surface area (Å²) < 4.78 is 0. The molecular formula is C19H22N2O3. The van der Waals surface area contributed by atoms with Crippen molar-refractivity contribution in [3.8, 4) is 11.5 Å². The van der Waals surface area contributed by atoms with Gasteiger partial charge >= 0.3 is 0 Å². The molecule has 0 atom stereocenters. The number of anilines is 2. The van der Waals surface area contributed by atoms with Gasteiger partial charge in [0.25, 0.3) is 0 Å². The molecule has 1 saturated heterocycles. The number of aromatic hydroxyl groups is 2. The second kappa shape index (κ2) is 7.25. The van der Waals surface area contributed by atoms with Gasteiger partial charge in [-0.3, -0.25) is 4.79 Å². The molecule has 24 heavy (non-hydrogen) atoms. The van der Waals surface area contributed by atoms with Crippen molar-refractivity contribution in [2.24, 2.45) is 0 Å². The van der Waals surface area contributed by atoms with Crippen LogP contribution in [-0.4, -0.2) is 29.2 Å². The van der Waals surface area contributed by atoms with Crippen LogP contribution in [-0.2, 0) is 11.2 Å². The van der Waals surface area contributed by atoms with Gasteiger partial charge in [-0.2, -0.15) is 0 Å². The first-order valence-corrected chi connectivity index (χ1v) is 8.27. The van der Waals surface area contributed by atoms with Gasteiger partial charge in [0.05, 0.1) is 6.42 Å². The number of piperidine rings is 1. The van der Waals surface area contributed by atoms with Crippen molar-refractivity contribution in [1.82, 2.24) is 0 Å². The van der Waals surface area contributed by atoms with Gasteiger partial charge in [0.15, 0.2) is 11.5 Å². The monoisotopic (exact) mass is 326 g/mol. The molecule has 1 amide bonds. The van der Waals surface area contributed by atoms with Crippen LogP contribution in [0.4, 0.5) is 11.4 Å². The highest BCUT2D eigenvalue weighted by molar-refractivity contribution is 5.92. The zero-order valence-corrected chi connectivity index (χ0v) is 13.5. The lowest BCUT2D eigenvalue weighted by Crippen LogP contribution is -2.29. The Morgan fingerprint density at radius 2 is 1.67 bits per heavy atom. The molecule has 2 aromatic rings. The molecule has 3 rings (SSSR count). The Balaban J connectivity index is 1.58. The van der Waals surface area contributed by atoms with E-state index >= 15 is 0 Å². The quantitative estimate of drug-likeness (QED) is 0.754. The predicted molar refractivity (Wildman–Crippen MR) is 94.6 cm³/mol. The first-order chi connectivity index (χ1) is 11.6. The molecule has 1 fully saturated rings. The van der Waals surface area contributed by atoms with Gasteiger partial charge in [-0.25, -0.2) is 0 Å². The molecule has 0 spiro atoms.